The Labute approximate surface area is 272 Å². The van der Waals surface area contributed by atoms with Gasteiger partial charge in [0.25, 0.3) is 0 Å². The minimum atomic E-state index is -3.85. The molecule has 3 aromatic rings. The van der Waals surface area contributed by atoms with Gasteiger partial charge in [-0.1, -0.05) is 29.3 Å². The number of hydrogen-bond donors (Lipinski definition) is 0. The zero-order valence-corrected chi connectivity index (χ0v) is 26.6. The summed E-state index contributed by atoms with van der Waals surface area (Å²) in [5.74, 6) is -2.22. The van der Waals surface area contributed by atoms with Crippen molar-refractivity contribution in [1.82, 2.24) is 0 Å². The van der Waals surface area contributed by atoms with E-state index in [1.165, 1.54) is 37.4 Å². The molecule has 1 heterocycles. The fraction of sp³-hybridized carbons (Fsp3) is 0.345. The first-order valence-corrected chi connectivity index (χ1v) is 16.0. The molecule has 1 aromatic heterocycles. The molecular formula is C29H27Cl2F2NO11S. The van der Waals surface area contributed by atoms with Gasteiger partial charge in [0.15, 0.2) is 30.5 Å². The van der Waals surface area contributed by atoms with Crippen molar-refractivity contribution in [3.8, 4) is 23.0 Å². The quantitative estimate of drug-likeness (QED) is 0.0905. The topological polar surface area (TPSA) is 151 Å². The Bertz CT molecular complexity index is 1680. The number of nitrogens with zero attached hydrogens (tertiary/aromatic N) is 1. The van der Waals surface area contributed by atoms with E-state index in [9.17, 15) is 32.0 Å². The van der Waals surface area contributed by atoms with E-state index in [1.807, 2.05) is 0 Å². The first-order chi connectivity index (χ1) is 21.7. The molecule has 2 aromatic carbocycles. The van der Waals surface area contributed by atoms with E-state index in [0.29, 0.717) is 4.73 Å². The van der Waals surface area contributed by atoms with Crippen molar-refractivity contribution in [2.75, 3.05) is 26.6 Å². The van der Waals surface area contributed by atoms with Crippen molar-refractivity contribution >= 4 is 45.3 Å². The van der Waals surface area contributed by atoms with Crippen LogP contribution in [0.5, 0.6) is 23.0 Å². The van der Waals surface area contributed by atoms with E-state index in [-0.39, 0.29) is 68.7 Å². The lowest BCUT2D eigenvalue weighted by Crippen LogP contribution is -2.26. The third-order valence-corrected chi connectivity index (χ3v) is 7.56. The first kappa shape index (κ1) is 34.8. The molecule has 0 spiro atoms. The number of ether oxygens (including phenoxy) is 5. The highest BCUT2D eigenvalue weighted by Crippen LogP contribution is 2.38. The summed E-state index contributed by atoms with van der Waals surface area (Å²) in [6, 6.07) is 7.49. The second kappa shape index (κ2) is 15.0. The Morgan fingerprint density at radius 1 is 1.04 bits per heavy atom. The van der Waals surface area contributed by atoms with Gasteiger partial charge in [-0.2, -0.15) is 21.9 Å². The predicted octanol–water partition coefficient (Wildman–Crippen LogP) is 5.05. The van der Waals surface area contributed by atoms with Gasteiger partial charge >= 0.3 is 28.7 Å². The largest absolute Gasteiger partial charge is 0.619 e. The molecule has 1 atom stereocenters. The van der Waals surface area contributed by atoms with Gasteiger partial charge in [-0.15, -0.1) is 0 Å². The Morgan fingerprint density at radius 3 is 2.35 bits per heavy atom. The summed E-state index contributed by atoms with van der Waals surface area (Å²) >= 11 is 12.5. The zero-order chi connectivity index (χ0) is 33.6. The number of carbonyl (C=O) groups is 2. The number of rotatable bonds is 15. The number of esters is 2. The molecular weight excluding hydrogens is 679 g/mol. The van der Waals surface area contributed by atoms with Crippen LogP contribution in [0.25, 0.3) is 0 Å². The van der Waals surface area contributed by atoms with Crippen LogP contribution in [0.4, 0.5) is 8.78 Å². The normalized spacial score (nSPS) is 13.5. The van der Waals surface area contributed by atoms with Crippen LogP contribution >= 0.6 is 23.2 Å². The maximum atomic E-state index is 13.1. The minimum Gasteiger partial charge on any atom is -0.619 e. The van der Waals surface area contributed by atoms with Crippen molar-refractivity contribution < 1.29 is 59.4 Å². The van der Waals surface area contributed by atoms with Gasteiger partial charge in [0.05, 0.1) is 20.0 Å². The molecule has 248 valence electrons. The van der Waals surface area contributed by atoms with Crippen LogP contribution in [0.15, 0.2) is 48.8 Å². The number of methoxy groups -OCH3 is 1. The summed E-state index contributed by atoms with van der Waals surface area (Å²) in [6.07, 6.45) is 3.44. The highest BCUT2D eigenvalue weighted by molar-refractivity contribution is 7.86. The van der Waals surface area contributed by atoms with E-state index in [0.717, 1.165) is 37.6 Å². The summed E-state index contributed by atoms with van der Waals surface area (Å²) in [7, 11) is -2.63. The molecule has 1 aliphatic carbocycles. The molecule has 0 saturated heterocycles. The molecule has 0 aliphatic heterocycles. The van der Waals surface area contributed by atoms with E-state index in [2.05, 4.69) is 4.74 Å². The molecule has 12 nitrogen and oxygen atoms in total. The molecule has 46 heavy (non-hydrogen) atoms. The van der Waals surface area contributed by atoms with E-state index in [4.69, 9.17) is 46.3 Å². The Balaban J connectivity index is 1.56. The van der Waals surface area contributed by atoms with Crippen LogP contribution in [-0.4, -0.2) is 53.5 Å². The van der Waals surface area contributed by atoms with Crippen molar-refractivity contribution in [3.05, 3.63) is 80.7 Å². The molecule has 0 amide bonds. The second-order valence-corrected chi connectivity index (χ2v) is 12.4. The van der Waals surface area contributed by atoms with Crippen molar-refractivity contribution in [3.63, 3.8) is 0 Å². The van der Waals surface area contributed by atoms with Gasteiger partial charge < -0.3 is 33.1 Å². The van der Waals surface area contributed by atoms with E-state index >= 15 is 0 Å². The Morgan fingerprint density at radius 2 is 1.74 bits per heavy atom. The number of halogens is 4. The third-order valence-electron chi connectivity index (χ3n) is 6.41. The highest BCUT2D eigenvalue weighted by Gasteiger charge is 2.27. The molecule has 17 heteroatoms. The molecule has 1 unspecified atom stereocenters. The number of benzene rings is 2. The van der Waals surface area contributed by atoms with Crippen LogP contribution in [0.3, 0.4) is 0 Å². The van der Waals surface area contributed by atoms with Crippen molar-refractivity contribution in [2.24, 2.45) is 5.92 Å². The van der Waals surface area contributed by atoms with Crippen LogP contribution in [0, 0.1) is 11.1 Å². The van der Waals surface area contributed by atoms with Crippen LogP contribution in [0.1, 0.15) is 40.4 Å². The van der Waals surface area contributed by atoms with Gasteiger partial charge in [0, 0.05) is 18.1 Å². The number of pyridine rings is 1. The molecule has 1 aliphatic rings. The Kier molecular flexibility index (Phi) is 11.3. The lowest BCUT2D eigenvalue weighted by Gasteiger charge is -2.21. The maximum Gasteiger partial charge on any atom is 0.387 e. The SMILES string of the molecule is COc1cc(OS(C)(=O)=O)ccc1C(=O)OCC(=O)OC(Cc1c(Cl)c[n+]([O-])cc1Cl)c1ccc(OC(F)F)c(OCC2CC2)c1. The molecule has 1 fully saturated rings. The van der Waals surface area contributed by atoms with Gasteiger partial charge in [-0.05, 0) is 48.6 Å². The van der Waals surface area contributed by atoms with Gasteiger partial charge in [0.2, 0.25) is 0 Å². The first-order valence-electron chi connectivity index (χ1n) is 13.4. The van der Waals surface area contributed by atoms with Gasteiger partial charge in [0.1, 0.15) is 33.2 Å². The average molecular weight is 707 g/mol. The molecule has 4 rings (SSSR count). The van der Waals surface area contributed by atoms with Gasteiger partial charge in [-0.25, -0.2) is 9.59 Å². The summed E-state index contributed by atoms with van der Waals surface area (Å²) in [5, 5.41) is 11.7. The fourth-order valence-electron chi connectivity index (χ4n) is 4.12. The Hall–Kier alpha value is -4.08. The number of alkyl halides is 2. The fourth-order valence-corrected chi connectivity index (χ4v) is 5.18. The van der Waals surface area contributed by atoms with Crippen LogP contribution in [-0.2, 0) is 30.8 Å². The predicted molar refractivity (Wildman–Crippen MR) is 158 cm³/mol. The lowest BCUT2D eigenvalue weighted by molar-refractivity contribution is -0.605. The van der Waals surface area contributed by atoms with Crippen molar-refractivity contribution in [2.45, 2.75) is 32.0 Å². The number of carbonyl (C=O) groups excluding carboxylic acids is 2. The van der Waals surface area contributed by atoms with Crippen molar-refractivity contribution in [1.29, 1.82) is 0 Å². The van der Waals surface area contributed by atoms with Crippen LogP contribution in [0.2, 0.25) is 10.0 Å². The zero-order valence-electron chi connectivity index (χ0n) is 24.2. The summed E-state index contributed by atoms with van der Waals surface area (Å²) in [5.41, 5.74) is 0.356. The molecule has 0 N–H and O–H groups in total. The molecule has 1 saturated carbocycles. The summed E-state index contributed by atoms with van der Waals surface area (Å²) in [4.78, 5) is 25.7. The minimum absolute atomic E-state index is 0.0183. The smallest absolute Gasteiger partial charge is 0.387 e. The van der Waals surface area contributed by atoms with Gasteiger partial charge in [-0.3, -0.25) is 0 Å². The monoisotopic (exact) mass is 705 g/mol. The summed E-state index contributed by atoms with van der Waals surface area (Å²) in [6.45, 7) is -3.75. The third kappa shape index (κ3) is 9.96. The molecule has 0 radical (unpaired) electrons. The molecule has 0 bridgehead atoms. The highest BCUT2D eigenvalue weighted by atomic mass is 35.5. The lowest BCUT2D eigenvalue weighted by atomic mass is 10.0. The van der Waals surface area contributed by atoms with E-state index < -0.39 is 41.4 Å². The second-order valence-electron chi connectivity index (χ2n) is 10.0. The number of hydrogen-bond acceptors (Lipinski definition) is 11. The average Bonchev–Trinajstić information content (AvgIpc) is 3.80. The maximum absolute atomic E-state index is 13.1. The summed E-state index contributed by atoms with van der Waals surface area (Å²) < 4.78 is 80.3. The van der Waals surface area contributed by atoms with E-state index in [1.54, 1.807) is 0 Å². The van der Waals surface area contributed by atoms with Crippen LogP contribution < -0.4 is 23.1 Å². The number of aromatic nitrogens is 1. The standard InChI is InChI=1S/C29H27Cl2F2NO11S/c1-40-25-10-18(45-46(2,38)39)6-7-19(25)28(36)42-15-27(35)43-24(11-20-21(30)12-34(37)13-22(20)31)17-5-8-23(44-29(32)33)26(9-17)41-14-16-3-4-16/h5-10,12-13,16,24,29H,3-4,11,14-15H2,1-2H3.